The van der Waals surface area contributed by atoms with Crippen molar-refractivity contribution in [1.82, 2.24) is 0 Å². The Morgan fingerprint density at radius 1 is 1.10 bits per heavy atom. The fourth-order valence-electron chi connectivity index (χ4n) is 3.42. The van der Waals surface area contributed by atoms with Crippen LogP contribution in [0.4, 0.5) is 0 Å². The maximum absolute atomic E-state index is 9.94. The maximum atomic E-state index is 9.94. The molecular weight excluding hydrogens is 280 g/mol. The van der Waals surface area contributed by atoms with Gasteiger partial charge in [0.2, 0.25) is 0 Å². The van der Waals surface area contributed by atoms with E-state index in [1.54, 1.807) is 0 Å². The molecule has 0 amide bonds. The van der Waals surface area contributed by atoms with E-state index in [0.29, 0.717) is 6.04 Å². The molecule has 3 rings (SSSR count). The molecule has 0 fully saturated rings. The summed E-state index contributed by atoms with van der Waals surface area (Å²) in [7, 11) is 2.11. The SMILES string of the molecule is C[NH2+]C1CCC(C#N)(c2ccccc2)c2ccccc21.[Cl-]. The molecule has 2 aromatic rings. The van der Waals surface area contributed by atoms with E-state index in [4.69, 9.17) is 0 Å². The van der Waals surface area contributed by atoms with Crippen LogP contribution in [0.15, 0.2) is 54.6 Å². The Morgan fingerprint density at radius 3 is 2.43 bits per heavy atom. The van der Waals surface area contributed by atoms with E-state index < -0.39 is 5.41 Å². The summed E-state index contributed by atoms with van der Waals surface area (Å²) in [4.78, 5) is 0. The molecule has 1 aliphatic rings. The van der Waals surface area contributed by atoms with Crippen LogP contribution in [0.2, 0.25) is 0 Å². The number of halogens is 1. The molecule has 0 saturated carbocycles. The molecule has 0 radical (unpaired) electrons. The Hall–Kier alpha value is -1.82. The first kappa shape index (κ1) is 15.6. The predicted molar refractivity (Wildman–Crippen MR) is 79.1 cm³/mol. The highest BCUT2D eigenvalue weighted by Crippen LogP contribution is 2.44. The minimum Gasteiger partial charge on any atom is -1.00 e. The summed E-state index contributed by atoms with van der Waals surface area (Å²) in [5.41, 5.74) is 3.12. The first-order valence-electron chi connectivity index (χ1n) is 7.17. The smallest absolute Gasteiger partial charge is 0.112 e. The Bertz CT molecular complexity index is 648. The summed E-state index contributed by atoms with van der Waals surface area (Å²) < 4.78 is 0. The Kier molecular flexibility index (Phi) is 4.67. The van der Waals surface area contributed by atoms with Crippen molar-refractivity contribution in [3.63, 3.8) is 0 Å². The normalized spacial score (nSPS) is 23.5. The number of nitriles is 1. The van der Waals surface area contributed by atoms with Crippen LogP contribution in [0.3, 0.4) is 0 Å². The van der Waals surface area contributed by atoms with Crippen LogP contribution in [0.5, 0.6) is 0 Å². The monoisotopic (exact) mass is 298 g/mol. The van der Waals surface area contributed by atoms with Crippen molar-refractivity contribution in [2.45, 2.75) is 24.3 Å². The first-order valence-corrected chi connectivity index (χ1v) is 7.17. The van der Waals surface area contributed by atoms with Crippen LogP contribution >= 0.6 is 0 Å². The topological polar surface area (TPSA) is 40.4 Å². The van der Waals surface area contributed by atoms with Crippen molar-refractivity contribution in [3.05, 3.63) is 71.3 Å². The van der Waals surface area contributed by atoms with Gasteiger partial charge in [-0.1, -0.05) is 54.6 Å². The minimum atomic E-state index is -0.489. The van der Waals surface area contributed by atoms with Crippen LogP contribution in [-0.2, 0) is 5.41 Å². The zero-order valence-electron chi connectivity index (χ0n) is 12.1. The standard InChI is InChI=1S/C18H18N2.ClH/c1-20-17-11-12-18(13-19,14-7-3-2-4-8-14)16-10-6-5-9-15(16)17;/h2-10,17,20H,11-12H2,1H3;1H. The number of nitrogens with two attached hydrogens (primary N) is 1. The van der Waals surface area contributed by atoms with E-state index in [0.717, 1.165) is 18.4 Å². The lowest BCUT2D eigenvalue weighted by molar-refractivity contribution is -0.672. The largest absolute Gasteiger partial charge is 1.00 e. The number of quaternary nitrogens is 1. The highest BCUT2D eigenvalue weighted by atomic mass is 35.5. The van der Waals surface area contributed by atoms with E-state index >= 15 is 0 Å². The van der Waals surface area contributed by atoms with E-state index in [1.807, 2.05) is 24.3 Å². The third-order valence-electron chi connectivity index (χ3n) is 4.51. The van der Waals surface area contributed by atoms with Crippen molar-refractivity contribution in [1.29, 1.82) is 5.26 Å². The summed E-state index contributed by atoms with van der Waals surface area (Å²) in [6, 6.07) is 21.7. The van der Waals surface area contributed by atoms with Gasteiger partial charge in [0.25, 0.3) is 0 Å². The third-order valence-corrected chi connectivity index (χ3v) is 4.51. The first-order chi connectivity index (χ1) is 9.81. The number of rotatable bonds is 2. The van der Waals surface area contributed by atoms with Gasteiger partial charge in [-0.05, 0) is 17.5 Å². The van der Waals surface area contributed by atoms with Crippen molar-refractivity contribution >= 4 is 0 Å². The van der Waals surface area contributed by atoms with E-state index in [9.17, 15) is 5.26 Å². The number of benzene rings is 2. The van der Waals surface area contributed by atoms with Gasteiger partial charge in [0.15, 0.2) is 0 Å². The van der Waals surface area contributed by atoms with Gasteiger partial charge < -0.3 is 17.7 Å². The van der Waals surface area contributed by atoms with Gasteiger partial charge in [0, 0.05) is 12.0 Å². The molecule has 3 heteroatoms. The molecule has 1 aliphatic carbocycles. The fraction of sp³-hybridized carbons (Fsp3) is 0.278. The van der Waals surface area contributed by atoms with E-state index in [2.05, 4.69) is 48.8 Å². The molecule has 108 valence electrons. The quantitative estimate of drug-likeness (QED) is 0.800. The molecule has 2 nitrogen and oxygen atoms in total. The molecule has 0 spiro atoms. The Morgan fingerprint density at radius 2 is 1.76 bits per heavy atom. The molecule has 2 atom stereocenters. The lowest BCUT2D eigenvalue weighted by Crippen LogP contribution is -3.00. The lowest BCUT2D eigenvalue weighted by atomic mass is 9.65. The van der Waals surface area contributed by atoms with Crippen molar-refractivity contribution in [2.75, 3.05) is 7.05 Å². The van der Waals surface area contributed by atoms with Crippen LogP contribution in [-0.4, -0.2) is 7.05 Å². The molecule has 0 saturated heterocycles. The van der Waals surface area contributed by atoms with Gasteiger partial charge in [-0.15, -0.1) is 0 Å². The summed E-state index contributed by atoms with van der Waals surface area (Å²) in [5, 5.41) is 12.2. The second-order valence-corrected chi connectivity index (χ2v) is 5.45. The van der Waals surface area contributed by atoms with Gasteiger partial charge in [-0.25, -0.2) is 0 Å². The number of hydrogen-bond donors (Lipinski definition) is 1. The molecule has 0 aliphatic heterocycles. The van der Waals surface area contributed by atoms with Crippen LogP contribution in [0.1, 0.15) is 35.6 Å². The zero-order chi connectivity index (χ0) is 14.0. The van der Waals surface area contributed by atoms with Crippen molar-refractivity contribution in [3.8, 4) is 6.07 Å². The molecule has 0 aromatic heterocycles. The third kappa shape index (κ3) is 2.44. The van der Waals surface area contributed by atoms with Gasteiger partial charge in [-0.3, -0.25) is 0 Å². The van der Waals surface area contributed by atoms with Crippen molar-refractivity contribution in [2.24, 2.45) is 0 Å². The molecule has 0 heterocycles. The van der Waals surface area contributed by atoms with Crippen LogP contribution in [0, 0.1) is 11.3 Å². The summed E-state index contributed by atoms with van der Waals surface area (Å²) in [5.74, 6) is 0. The lowest BCUT2D eigenvalue weighted by Gasteiger charge is -2.36. The number of fused-ring (bicyclic) bond motifs is 1. The minimum absolute atomic E-state index is 0. The summed E-state index contributed by atoms with van der Waals surface area (Å²) in [6.45, 7) is 0. The number of nitrogens with zero attached hydrogens (tertiary/aromatic N) is 1. The van der Waals surface area contributed by atoms with E-state index in [-0.39, 0.29) is 12.4 Å². The molecule has 2 unspecified atom stereocenters. The molecular formula is C18H19ClN2. The van der Waals surface area contributed by atoms with Gasteiger partial charge >= 0.3 is 0 Å². The number of hydrogen-bond acceptors (Lipinski definition) is 1. The molecule has 2 N–H and O–H groups in total. The van der Waals surface area contributed by atoms with Gasteiger partial charge in [0.1, 0.15) is 11.5 Å². The highest BCUT2D eigenvalue weighted by molar-refractivity contribution is 5.51. The predicted octanol–water partition coefficient (Wildman–Crippen LogP) is -0.472. The maximum Gasteiger partial charge on any atom is 0.112 e. The second-order valence-electron chi connectivity index (χ2n) is 5.45. The Labute approximate surface area is 132 Å². The average Bonchev–Trinajstić information content (AvgIpc) is 2.54. The Balaban J connectivity index is 0.00000161. The highest BCUT2D eigenvalue weighted by Gasteiger charge is 2.42. The van der Waals surface area contributed by atoms with Gasteiger partial charge in [-0.2, -0.15) is 5.26 Å². The summed E-state index contributed by atoms with van der Waals surface area (Å²) >= 11 is 0. The van der Waals surface area contributed by atoms with Gasteiger partial charge in [0.05, 0.1) is 13.1 Å². The molecule has 2 aromatic carbocycles. The summed E-state index contributed by atoms with van der Waals surface area (Å²) in [6.07, 6.45) is 1.93. The average molecular weight is 299 g/mol. The van der Waals surface area contributed by atoms with E-state index in [1.165, 1.54) is 11.1 Å². The fourth-order valence-corrected chi connectivity index (χ4v) is 3.42. The second kappa shape index (κ2) is 6.30. The van der Waals surface area contributed by atoms with Crippen LogP contribution < -0.4 is 17.7 Å². The van der Waals surface area contributed by atoms with Crippen LogP contribution in [0.25, 0.3) is 0 Å². The van der Waals surface area contributed by atoms with Crippen molar-refractivity contribution < 1.29 is 17.7 Å². The molecule has 0 bridgehead atoms. The zero-order valence-corrected chi connectivity index (χ0v) is 12.8. The molecule has 21 heavy (non-hydrogen) atoms.